The summed E-state index contributed by atoms with van der Waals surface area (Å²) in [6.07, 6.45) is 0. The Bertz CT molecular complexity index is 976. The fraction of sp³-hybridized carbons (Fsp3) is 0.176. The highest BCUT2D eigenvalue weighted by Gasteiger charge is 2.17. The molecule has 3 aromatic rings. The fourth-order valence-electron chi connectivity index (χ4n) is 2.41. The molecule has 0 unspecified atom stereocenters. The van der Waals surface area contributed by atoms with Gasteiger partial charge in [0, 0.05) is 0 Å². The van der Waals surface area contributed by atoms with Gasteiger partial charge in [0.05, 0.1) is 16.3 Å². The first-order valence-electron chi connectivity index (χ1n) is 7.46. The standard InChI is InChI=1S/C17H18N4O2S/c1-12-8-10-15(11-9-12)24(22,23)20-16-6-4-5-7-17(16)21-14(3)18-13(2)19-21/h4-11,20H,1-3H3. The quantitative estimate of drug-likeness (QED) is 0.791. The third-order valence-electron chi connectivity index (χ3n) is 3.58. The molecule has 24 heavy (non-hydrogen) atoms. The van der Waals surface area contributed by atoms with Crippen molar-refractivity contribution in [2.24, 2.45) is 0 Å². The lowest BCUT2D eigenvalue weighted by atomic mass is 10.2. The molecule has 0 radical (unpaired) electrons. The van der Waals surface area contributed by atoms with Crippen molar-refractivity contribution in [3.05, 3.63) is 65.7 Å². The molecule has 0 aliphatic carbocycles. The predicted octanol–water partition coefficient (Wildman–Crippen LogP) is 2.99. The number of nitrogens with one attached hydrogen (secondary N) is 1. The van der Waals surface area contributed by atoms with E-state index in [1.54, 1.807) is 54.1 Å². The van der Waals surface area contributed by atoms with Gasteiger partial charge in [0.2, 0.25) is 0 Å². The summed E-state index contributed by atoms with van der Waals surface area (Å²) in [5.41, 5.74) is 2.08. The van der Waals surface area contributed by atoms with Crippen LogP contribution in [0.15, 0.2) is 53.4 Å². The first-order valence-corrected chi connectivity index (χ1v) is 8.94. The van der Waals surface area contributed by atoms with Gasteiger partial charge in [-0.15, -0.1) is 0 Å². The maximum Gasteiger partial charge on any atom is 0.261 e. The van der Waals surface area contributed by atoms with Crippen LogP contribution in [-0.4, -0.2) is 23.2 Å². The molecule has 0 aliphatic rings. The normalized spacial score (nSPS) is 11.5. The molecule has 1 heterocycles. The first kappa shape index (κ1) is 16.2. The van der Waals surface area contributed by atoms with E-state index in [9.17, 15) is 8.42 Å². The summed E-state index contributed by atoms with van der Waals surface area (Å²) in [4.78, 5) is 4.48. The molecule has 0 atom stereocenters. The van der Waals surface area contributed by atoms with Crippen LogP contribution >= 0.6 is 0 Å². The first-order chi connectivity index (χ1) is 11.4. The van der Waals surface area contributed by atoms with Gasteiger partial charge in [0.15, 0.2) is 0 Å². The third-order valence-corrected chi connectivity index (χ3v) is 4.96. The molecule has 3 rings (SSSR count). The number of aryl methyl sites for hydroxylation is 3. The van der Waals surface area contributed by atoms with E-state index < -0.39 is 10.0 Å². The second-order valence-corrected chi connectivity index (χ2v) is 7.24. The van der Waals surface area contributed by atoms with Gasteiger partial charge in [-0.3, -0.25) is 4.72 Å². The molecule has 0 aliphatic heterocycles. The molecule has 0 amide bonds. The van der Waals surface area contributed by atoms with E-state index in [0.29, 0.717) is 23.0 Å². The monoisotopic (exact) mass is 342 g/mol. The van der Waals surface area contributed by atoms with Crippen LogP contribution in [0.4, 0.5) is 5.69 Å². The minimum absolute atomic E-state index is 0.217. The molecule has 1 aromatic heterocycles. The van der Waals surface area contributed by atoms with Crippen molar-refractivity contribution in [2.45, 2.75) is 25.7 Å². The van der Waals surface area contributed by atoms with Crippen molar-refractivity contribution in [2.75, 3.05) is 4.72 Å². The average molecular weight is 342 g/mol. The molecule has 0 bridgehead atoms. The van der Waals surface area contributed by atoms with Crippen molar-refractivity contribution in [3.8, 4) is 5.69 Å². The molecule has 1 N–H and O–H groups in total. The van der Waals surface area contributed by atoms with Crippen LogP contribution in [0.3, 0.4) is 0 Å². The molecule has 6 nitrogen and oxygen atoms in total. The van der Waals surface area contributed by atoms with Gasteiger partial charge in [-0.25, -0.2) is 18.1 Å². The molecule has 7 heteroatoms. The molecule has 2 aromatic carbocycles. The summed E-state index contributed by atoms with van der Waals surface area (Å²) in [7, 11) is -3.68. The van der Waals surface area contributed by atoms with Crippen LogP contribution in [0.25, 0.3) is 5.69 Å². The second kappa shape index (κ2) is 6.09. The van der Waals surface area contributed by atoms with Gasteiger partial charge in [-0.1, -0.05) is 29.8 Å². The van der Waals surface area contributed by atoms with Crippen LogP contribution in [0.5, 0.6) is 0 Å². The van der Waals surface area contributed by atoms with Gasteiger partial charge >= 0.3 is 0 Å². The zero-order chi connectivity index (χ0) is 17.3. The van der Waals surface area contributed by atoms with Crippen LogP contribution in [0.1, 0.15) is 17.2 Å². The maximum absolute atomic E-state index is 12.6. The molecule has 0 fully saturated rings. The Morgan fingerprint density at radius 1 is 0.958 bits per heavy atom. The number of hydrogen-bond donors (Lipinski definition) is 1. The Labute approximate surface area is 141 Å². The number of nitrogens with zero attached hydrogens (tertiary/aromatic N) is 3. The molecule has 124 valence electrons. The number of sulfonamides is 1. The van der Waals surface area contributed by atoms with Crippen LogP contribution < -0.4 is 4.72 Å². The van der Waals surface area contributed by atoms with Gasteiger partial charge in [-0.2, -0.15) is 5.10 Å². The molecular formula is C17H18N4O2S. The summed E-state index contributed by atoms with van der Waals surface area (Å²) >= 11 is 0. The van der Waals surface area contributed by atoms with Crippen molar-refractivity contribution in [1.29, 1.82) is 0 Å². The number of rotatable bonds is 4. The average Bonchev–Trinajstić information content (AvgIpc) is 2.86. The molecule has 0 saturated carbocycles. The van der Waals surface area contributed by atoms with Crippen molar-refractivity contribution < 1.29 is 8.42 Å². The largest absolute Gasteiger partial charge is 0.277 e. The second-order valence-electron chi connectivity index (χ2n) is 5.55. The molecule has 0 spiro atoms. The number of para-hydroxylation sites is 2. The zero-order valence-corrected chi connectivity index (χ0v) is 14.5. The summed E-state index contributed by atoms with van der Waals surface area (Å²) in [6.45, 7) is 5.53. The third kappa shape index (κ3) is 3.16. The topological polar surface area (TPSA) is 76.9 Å². The number of hydrogen-bond acceptors (Lipinski definition) is 4. The fourth-order valence-corrected chi connectivity index (χ4v) is 3.49. The molecular weight excluding hydrogens is 324 g/mol. The van der Waals surface area contributed by atoms with Crippen LogP contribution in [-0.2, 0) is 10.0 Å². The van der Waals surface area contributed by atoms with Gasteiger partial charge in [0.25, 0.3) is 10.0 Å². The van der Waals surface area contributed by atoms with E-state index >= 15 is 0 Å². The van der Waals surface area contributed by atoms with E-state index in [0.717, 1.165) is 5.56 Å². The van der Waals surface area contributed by atoms with E-state index in [1.807, 2.05) is 19.9 Å². The Kier molecular flexibility index (Phi) is 4.11. The van der Waals surface area contributed by atoms with Crippen LogP contribution in [0.2, 0.25) is 0 Å². The van der Waals surface area contributed by atoms with Crippen molar-refractivity contribution in [3.63, 3.8) is 0 Å². The summed E-state index contributed by atoms with van der Waals surface area (Å²) in [5, 5.41) is 4.33. The highest BCUT2D eigenvalue weighted by Crippen LogP contribution is 2.24. The minimum Gasteiger partial charge on any atom is -0.277 e. The van der Waals surface area contributed by atoms with Crippen LogP contribution in [0, 0.1) is 20.8 Å². The van der Waals surface area contributed by atoms with Gasteiger partial charge < -0.3 is 0 Å². The number of aromatic nitrogens is 3. The SMILES string of the molecule is Cc1ccc(S(=O)(=O)Nc2ccccc2-n2nc(C)nc2C)cc1. The Balaban J connectivity index is 2.02. The van der Waals surface area contributed by atoms with E-state index in [-0.39, 0.29) is 4.90 Å². The molecule has 0 saturated heterocycles. The maximum atomic E-state index is 12.6. The van der Waals surface area contributed by atoms with E-state index in [4.69, 9.17) is 0 Å². The lowest BCUT2D eigenvalue weighted by Crippen LogP contribution is -2.15. The van der Waals surface area contributed by atoms with E-state index in [1.165, 1.54) is 0 Å². The zero-order valence-electron chi connectivity index (χ0n) is 13.7. The highest BCUT2D eigenvalue weighted by atomic mass is 32.2. The lowest BCUT2D eigenvalue weighted by molar-refractivity contribution is 0.601. The van der Waals surface area contributed by atoms with Gasteiger partial charge in [0.1, 0.15) is 11.6 Å². The summed E-state index contributed by atoms with van der Waals surface area (Å²) in [6, 6.07) is 13.8. The number of anilines is 1. The van der Waals surface area contributed by atoms with Crippen molar-refractivity contribution in [1.82, 2.24) is 14.8 Å². The van der Waals surface area contributed by atoms with E-state index in [2.05, 4.69) is 14.8 Å². The summed E-state index contributed by atoms with van der Waals surface area (Å²) < 4.78 is 29.5. The predicted molar refractivity (Wildman–Crippen MR) is 92.8 cm³/mol. The lowest BCUT2D eigenvalue weighted by Gasteiger charge is -2.13. The number of benzene rings is 2. The smallest absolute Gasteiger partial charge is 0.261 e. The van der Waals surface area contributed by atoms with Crippen molar-refractivity contribution >= 4 is 15.7 Å². The Morgan fingerprint density at radius 3 is 2.25 bits per heavy atom. The summed E-state index contributed by atoms with van der Waals surface area (Å²) in [5.74, 6) is 1.32. The minimum atomic E-state index is -3.68. The van der Waals surface area contributed by atoms with Gasteiger partial charge in [-0.05, 0) is 45.0 Å². The Morgan fingerprint density at radius 2 is 1.62 bits per heavy atom. The Hall–Kier alpha value is -2.67. The highest BCUT2D eigenvalue weighted by molar-refractivity contribution is 7.92.